The van der Waals surface area contributed by atoms with Gasteiger partial charge >= 0.3 is 5.97 Å². The second-order valence-electron chi connectivity index (χ2n) is 9.36. The zero-order chi connectivity index (χ0) is 17.1. The molecule has 1 unspecified atom stereocenters. The monoisotopic (exact) mass is 333 g/mol. The summed E-state index contributed by atoms with van der Waals surface area (Å²) in [5.41, 5.74) is 0.319. The van der Waals surface area contributed by atoms with Crippen LogP contribution in [0.2, 0.25) is 0 Å². The van der Waals surface area contributed by atoms with E-state index in [1.54, 1.807) is 0 Å². The number of hydrogen-bond donors (Lipinski definition) is 1. The minimum Gasteiger partial charge on any atom is -0.462 e. The van der Waals surface area contributed by atoms with Gasteiger partial charge in [0.1, 0.15) is 6.10 Å². The molecule has 0 aromatic rings. The normalized spacial score (nSPS) is 50.3. The molecular formula is C20H31NO3. The first-order valence-electron chi connectivity index (χ1n) is 9.78. The number of esters is 1. The summed E-state index contributed by atoms with van der Waals surface area (Å²) in [4.78, 5) is 23.6. The lowest BCUT2D eigenvalue weighted by molar-refractivity contribution is -0.163. The highest BCUT2D eigenvalue weighted by atomic mass is 16.5. The van der Waals surface area contributed by atoms with Gasteiger partial charge in [0.2, 0.25) is 5.91 Å². The number of carbonyl (C=O) groups excluding carboxylic acids is 2. The molecule has 4 nitrogen and oxygen atoms in total. The number of amides is 1. The average molecular weight is 333 g/mol. The summed E-state index contributed by atoms with van der Waals surface area (Å²) >= 11 is 0. The van der Waals surface area contributed by atoms with Gasteiger partial charge in [-0.2, -0.15) is 0 Å². The van der Waals surface area contributed by atoms with E-state index in [1.807, 2.05) is 0 Å². The van der Waals surface area contributed by atoms with Crippen molar-refractivity contribution in [1.29, 1.82) is 0 Å². The van der Waals surface area contributed by atoms with Crippen LogP contribution < -0.4 is 5.32 Å². The Morgan fingerprint density at radius 2 is 1.83 bits per heavy atom. The van der Waals surface area contributed by atoms with Crippen molar-refractivity contribution in [2.75, 3.05) is 6.54 Å². The van der Waals surface area contributed by atoms with Crippen LogP contribution in [0.5, 0.6) is 0 Å². The molecular weight excluding hydrogens is 302 g/mol. The Morgan fingerprint density at radius 1 is 1.08 bits per heavy atom. The lowest BCUT2D eigenvalue weighted by atomic mass is 9.46. The van der Waals surface area contributed by atoms with Crippen LogP contribution in [-0.2, 0) is 14.3 Å². The number of ether oxygens (including phenoxy) is 1. The molecule has 0 bridgehead atoms. The van der Waals surface area contributed by atoms with Crippen molar-refractivity contribution in [3.05, 3.63) is 0 Å². The van der Waals surface area contributed by atoms with Gasteiger partial charge < -0.3 is 10.1 Å². The molecule has 4 fully saturated rings. The van der Waals surface area contributed by atoms with Crippen LogP contribution in [0.3, 0.4) is 0 Å². The molecule has 24 heavy (non-hydrogen) atoms. The fourth-order valence-corrected chi connectivity index (χ4v) is 7.14. The number of rotatable bonds is 1. The zero-order valence-electron chi connectivity index (χ0n) is 15.3. The van der Waals surface area contributed by atoms with Crippen LogP contribution in [0.4, 0.5) is 0 Å². The van der Waals surface area contributed by atoms with Gasteiger partial charge in [0.15, 0.2) is 0 Å². The molecule has 7 atom stereocenters. The quantitative estimate of drug-likeness (QED) is 0.749. The van der Waals surface area contributed by atoms with Crippen molar-refractivity contribution >= 4 is 11.9 Å². The molecule has 4 heteroatoms. The van der Waals surface area contributed by atoms with E-state index in [1.165, 1.54) is 32.6 Å². The molecule has 1 amide bonds. The molecule has 1 saturated heterocycles. The molecule has 4 rings (SSSR count). The molecule has 0 aromatic carbocycles. The van der Waals surface area contributed by atoms with E-state index >= 15 is 0 Å². The Hall–Kier alpha value is -1.06. The molecule has 1 aliphatic heterocycles. The van der Waals surface area contributed by atoms with E-state index in [-0.39, 0.29) is 28.8 Å². The second kappa shape index (κ2) is 5.47. The molecule has 1 N–H and O–H groups in total. The van der Waals surface area contributed by atoms with Crippen LogP contribution in [0.25, 0.3) is 0 Å². The second-order valence-corrected chi connectivity index (χ2v) is 9.36. The summed E-state index contributed by atoms with van der Waals surface area (Å²) in [6.45, 7) is 7.15. The van der Waals surface area contributed by atoms with Crippen molar-refractivity contribution in [3.63, 3.8) is 0 Å². The number of piperidine rings is 1. The van der Waals surface area contributed by atoms with Gasteiger partial charge in [-0.15, -0.1) is 0 Å². The van der Waals surface area contributed by atoms with Crippen molar-refractivity contribution in [2.45, 2.75) is 71.8 Å². The van der Waals surface area contributed by atoms with Gasteiger partial charge in [-0.05, 0) is 67.6 Å². The van der Waals surface area contributed by atoms with Crippen LogP contribution in [0.1, 0.15) is 65.7 Å². The molecule has 3 aliphatic carbocycles. The first-order valence-corrected chi connectivity index (χ1v) is 9.78. The Morgan fingerprint density at radius 3 is 2.58 bits per heavy atom. The third kappa shape index (κ3) is 2.24. The predicted octanol–water partition coefficient (Wildman–Crippen LogP) is 3.30. The van der Waals surface area contributed by atoms with E-state index in [0.717, 1.165) is 19.4 Å². The number of nitrogens with one attached hydrogen (secondary N) is 1. The molecule has 0 aromatic heterocycles. The van der Waals surface area contributed by atoms with E-state index < -0.39 is 0 Å². The molecule has 0 spiro atoms. The molecule has 3 saturated carbocycles. The topological polar surface area (TPSA) is 55.4 Å². The fourth-order valence-electron chi connectivity index (χ4n) is 7.14. The SMILES string of the molecule is CC(=O)OC1CC[C@H]2[C@@H]3CC[C@H]4CNC(=O)C[C@]4(C)[C@H]3CC[C@]12C. The lowest BCUT2D eigenvalue weighted by Crippen LogP contribution is -2.58. The smallest absolute Gasteiger partial charge is 0.302 e. The summed E-state index contributed by atoms with van der Waals surface area (Å²) in [7, 11) is 0. The van der Waals surface area contributed by atoms with Gasteiger partial charge in [0.05, 0.1) is 0 Å². The molecule has 134 valence electrons. The van der Waals surface area contributed by atoms with E-state index in [0.29, 0.717) is 30.1 Å². The summed E-state index contributed by atoms with van der Waals surface area (Å²) in [5, 5.41) is 3.09. The van der Waals surface area contributed by atoms with Crippen molar-refractivity contribution in [3.8, 4) is 0 Å². The van der Waals surface area contributed by atoms with Crippen LogP contribution in [0.15, 0.2) is 0 Å². The molecule has 0 radical (unpaired) electrons. The highest BCUT2D eigenvalue weighted by Gasteiger charge is 2.61. The van der Waals surface area contributed by atoms with Crippen molar-refractivity contribution in [2.24, 2.45) is 34.5 Å². The summed E-state index contributed by atoms with van der Waals surface area (Å²) < 4.78 is 5.71. The zero-order valence-corrected chi connectivity index (χ0v) is 15.3. The third-order valence-electron chi connectivity index (χ3n) is 8.37. The summed E-state index contributed by atoms with van der Waals surface area (Å²) in [6.07, 6.45) is 7.86. The Balaban J connectivity index is 1.60. The predicted molar refractivity (Wildman–Crippen MR) is 91.1 cm³/mol. The van der Waals surface area contributed by atoms with Gasteiger partial charge in [-0.1, -0.05) is 13.8 Å². The van der Waals surface area contributed by atoms with Gasteiger partial charge in [-0.3, -0.25) is 9.59 Å². The maximum Gasteiger partial charge on any atom is 0.302 e. The average Bonchev–Trinajstić information content (AvgIpc) is 2.82. The fraction of sp³-hybridized carbons (Fsp3) is 0.900. The van der Waals surface area contributed by atoms with E-state index in [9.17, 15) is 9.59 Å². The Labute approximate surface area is 145 Å². The van der Waals surface area contributed by atoms with Crippen LogP contribution >= 0.6 is 0 Å². The highest BCUT2D eigenvalue weighted by molar-refractivity contribution is 5.77. The van der Waals surface area contributed by atoms with Crippen molar-refractivity contribution in [1.82, 2.24) is 5.32 Å². The van der Waals surface area contributed by atoms with Crippen LogP contribution in [0, 0.1) is 34.5 Å². The number of fused-ring (bicyclic) bond motifs is 5. The maximum atomic E-state index is 12.1. The summed E-state index contributed by atoms with van der Waals surface area (Å²) in [5.74, 6) is 2.78. The third-order valence-corrected chi connectivity index (χ3v) is 8.37. The van der Waals surface area contributed by atoms with Gasteiger partial charge in [0.25, 0.3) is 0 Å². The van der Waals surface area contributed by atoms with E-state index in [4.69, 9.17) is 4.74 Å². The number of hydrogen-bond acceptors (Lipinski definition) is 3. The maximum absolute atomic E-state index is 12.1. The highest BCUT2D eigenvalue weighted by Crippen LogP contribution is 2.65. The Bertz CT molecular complexity index is 561. The first kappa shape index (κ1) is 16.4. The van der Waals surface area contributed by atoms with E-state index in [2.05, 4.69) is 19.2 Å². The largest absolute Gasteiger partial charge is 0.462 e. The first-order chi connectivity index (χ1) is 11.3. The number of carbonyl (C=O) groups is 2. The van der Waals surface area contributed by atoms with Gasteiger partial charge in [-0.25, -0.2) is 0 Å². The van der Waals surface area contributed by atoms with Crippen LogP contribution in [-0.4, -0.2) is 24.5 Å². The Kier molecular flexibility index (Phi) is 3.74. The van der Waals surface area contributed by atoms with Crippen molar-refractivity contribution < 1.29 is 14.3 Å². The lowest BCUT2D eigenvalue weighted by Gasteiger charge is -2.59. The minimum atomic E-state index is -0.136. The molecule has 1 heterocycles. The molecule has 4 aliphatic rings. The summed E-state index contributed by atoms with van der Waals surface area (Å²) in [6, 6.07) is 0. The standard InChI is InChI=1S/C20H31NO3/c1-12(22)24-17-7-6-15-14-5-4-13-11-21-18(23)10-20(13,3)16(14)8-9-19(15,17)2/h13-17H,4-11H2,1-3H3,(H,21,23)/t13-,14-,15-,16-,17?,19-,20-/m0/s1. The van der Waals surface area contributed by atoms with Gasteiger partial charge in [0, 0.05) is 25.3 Å². The minimum absolute atomic E-state index is 0.0983.